The fraction of sp³-hybridized carbons (Fsp3) is 0.368. The predicted octanol–water partition coefficient (Wildman–Crippen LogP) is 2.94. The van der Waals surface area contributed by atoms with Crippen molar-refractivity contribution in [1.82, 2.24) is 15.2 Å². The summed E-state index contributed by atoms with van der Waals surface area (Å²) in [5, 5.41) is 13.2. The molecular weight excluding hydrogens is 321 g/mol. The number of carbonyl (C=O) groups excluding carboxylic acids is 1. The molecule has 1 aliphatic rings. The van der Waals surface area contributed by atoms with Crippen LogP contribution in [0.25, 0.3) is 0 Å². The fourth-order valence-electron chi connectivity index (χ4n) is 2.73. The van der Waals surface area contributed by atoms with Gasteiger partial charge in [0.2, 0.25) is 0 Å². The molecule has 2 aromatic rings. The molecule has 1 aromatic carbocycles. The van der Waals surface area contributed by atoms with E-state index in [0.29, 0.717) is 12.1 Å². The molecule has 1 atom stereocenters. The third-order valence-corrected chi connectivity index (χ3v) is 4.24. The molecule has 5 nitrogen and oxygen atoms in total. The van der Waals surface area contributed by atoms with E-state index in [-0.39, 0.29) is 24.4 Å². The molecule has 1 aliphatic carbocycles. The van der Waals surface area contributed by atoms with Crippen LogP contribution in [0.5, 0.6) is 0 Å². The predicted molar refractivity (Wildman–Crippen MR) is 92.3 cm³/mol. The van der Waals surface area contributed by atoms with Gasteiger partial charge in [0.05, 0.1) is 24.9 Å². The quantitative estimate of drug-likeness (QED) is 0.847. The first-order chi connectivity index (χ1) is 12.0. The van der Waals surface area contributed by atoms with Gasteiger partial charge in [0.15, 0.2) is 0 Å². The van der Waals surface area contributed by atoms with Crippen LogP contribution in [-0.4, -0.2) is 33.6 Å². The molecule has 1 fully saturated rings. The maximum absolute atomic E-state index is 13.0. The molecule has 1 aromatic heterocycles. The molecule has 0 spiro atoms. The van der Waals surface area contributed by atoms with Gasteiger partial charge in [-0.3, -0.25) is 4.98 Å². The summed E-state index contributed by atoms with van der Waals surface area (Å²) in [5.74, 6) is -0.349. The van der Waals surface area contributed by atoms with Crippen molar-refractivity contribution in [3.05, 3.63) is 65.2 Å². The second-order valence-electron chi connectivity index (χ2n) is 6.38. The number of nitrogens with zero attached hydrogens (tertiary/aromatic N) is 2. The zero-order valence-corrected chi connectivity index (χ0v) is 14.2. The van der Waals surface area contributed by atoms with Gasteiger partial charge in [-0.25, -0.2) is 9.18 Å². The van der Waals surface area contributed by atoms with E-state index in [1.807, 2.05) is 25.1 Å². The Balaban J connectivity index is 1.60. The van der Waals surface area contributed by atoms with Crippen LogP contribution in [0.2, 0.25) is 0 Å². The minimum atomic E-state index is -0.843. The van der Waals surface area contributed by atoms with Crippen LogP contribution >= 0.6 is 0 Å². The minimum Gasteiger partial charge on any atom is -0.387 e. The number of rotatable bonds is 6. The van der Waals surface area contributed by atoms with E-state index >= 15 is 0 Å². The van der Waals surface area contributed by atoms with Crippen molar-refractivity contribution in [2.24, 2.45) is 0 Å². The molecule has 1 saturated carbocycles. The first-order valence-corrected chi connectivity index (χ1v) is 8.43. The summed E-state index contributed by atoms with van der Waals surface area (Å²) < 4.78 is 13.0. The van der Waals surface area contributed by atoms with Crippen LogP contribution in [0.4, 0.5) is 9.18 Å². The Bertz CT molecular complexity index is 732. The zero-order valence-electron chi connectivity index (χ0n) is 14.2. The van der Waals surface area contributed by atoms with Crippen molar-refractivity contribution in [3.63, 3.8) is 0 Å². The molecule has 1 unspecified atom stereocenters. The lowest BCUT2D eigenvalue weighted by Crippen LogP contribution is -2.43. The summed E-state index contributed by atoms with van der Waals surface area (Å²) in [6.07, 6.45) is 1.03. The Kier molecular flexibility index (Phi) is 5.28. The summed E-state index contributed by atoms with van der Waals surface area (Å²) in [6, 6.07) is 11.3. The normalized spacial score (nSPS) is 14.8. The highest BCUT2D eigenvalue weighted by atomic mass is 19.1. The first-order valence-electron chi connectivity index (χ1n) is 8.43. The number of aromatic nitrogens is 1. The van der Waals surface area contributed by atoms with E-state index < -0.39 is 6.10 Å². The summed E-state index contributed by atoms with van der Waals surface area (Å²) in [7, 11) is 0. The summed E-state index contributed by atoms with van der Waals surface area (Å²) in [6.45, 7) is 2.43. The summed E-state index contributed by atoms with van der Waals surface area (Å²) >= 11 is 0. The average molecular weight is 343 g/mol. The molecule has 2 amide bonds. The molecule has 2 N–H and O–H groups in total. The maximum Gasteiger partial charge on any atom is 0.318 e. The Labute approximate surface area is 146 Å². The number of urea groups is 1. The molecule has 1 heterocycles. The Morgan fingerprint density at radius 3 is 2.68 bits per heavy atom. The van der Waals surface area contributed by atoms with Crippen molar-refractivity contribution in [3.8, 4) is 0 Å². The molecule has 0 radical (unpaired) electrons. The largest absolute Gasteiger partial charge is 0.387 e. The van der Waals surface area contributed by atoms with Crippen LogP contribution in [0, 0.1) is 12.7 Å². The third kappa shape index (κ3) is 4.76. The molecule has 0 aliphatic heterocycles. The lowest BCUT2D eigenvalue weighted by atomic mass is 10.1. The average Bonchev–Trinajstić information content (AvgIpc) is 3.43. The lowest BCUT2D eigenvalue weighted by molar-refractivity contribution is 0.117. The van der Waals surface area contributed by atoms with Gasteiger partial charge in [-0.2, -0.15) is 0 Å². The summed E-state index contributed by atoms with van der Waals surface area (Å²) in [4.78, 5) is 18.5. The van der Waals surface area contributed by atoms with Gasteiger partial charge in [0, 0.05) is 11.7 Å². The second kappa shape index (κ2) is 7.61. The molecule has 132 valence electrons. The minimum absolute atomic E-state index is 0.153. The van der Waals surface area contributed by atoms with Crippen molar-refractivity contribution in [2.45, 2.75) is 38.5 Å². The van der Waals surface area contributed by atoms with Crippen molar-refractivity contribution in [2.75, 3.05) is 6.54 Å². The van der Waals surface area contributed by atoms with Crippen molar-refractivity contribution < 1.29 is 14.3 Å². The number of hydrogen-bond acceptors (Lipinski definition) is 3. The van der Waals surface area contributed by atoms with Crippen LogP contribution in [0.3, 0.4) is 0 Å². The molecule has 0 bridgehead atoms. The molecule has 6 heteroatoms. The van der Waals surface area contributed by atoms with Gasteiger partial charge in [-0.1, -0.05) is 18.2 Å². The summed E-state index contributed by atoms with van der Waals surface area (Å²) in [5.41, 5.74) is 2.29. The molecule has 0 saturated heterocycles. The van der Waals surface area contributed by atoms with Gasteiger partial charge in [-0.05, 0) is 49.6 Å². The van der Waals surface area contributed by atoms with Crippen LogP contribution < -0.4 is 5.32 Å². The topological polar surface area (TPSA) is 65.5 Å². The van der Waals surface area contributed by atoms with Gasteiger partial charge in [-0.15, -0.1) is 0 Å². The monoisotopic (exact) mass is 343 g/mol. The van der Waals surface area contributed by atoms with Crippen molar-refractivity contribution >= 4 is 6.03 Å². The number of halogens is 1. The highest BCUT2D eigenvalue weighted by Gasteiger charge is 2.34. The van der Waals surface area contributed by atoms with Gasteiger partial charge < -0.3 is 15.3 Å². The Morgan fingerprint density at radius 2 is 2.04 bits per heavy atom. The number of aliphatic hydroxyl groups excluding tert-OH is 1. The maximum atomic E-state index is 13.0. The Morgan fingerprint density at radius 1 is 1.32 bits per heavy atom. The highest BCUT2D eigenvalue weighted by molar-refractivity contribution is 5.75. The SMILES string of the molecule is Cc1cccc(CNC(=O)N(CC(O)c2ccc(F)cc2)C2CC2)n1. The van der Waals surface area contributed by atoms with Gasteiger partial charge in [0.1, 0.15) is 5.82 Å². The molecule has 25 heavy (non-hydrogen) atoms. The number of nitrogens with one attached hydrogen (secondary N) is 1. The molecule has 3 rings (SSSR count). The standard InChI is InChI=1S/C19H22FN3O2/c1-13-3-2-4-16(22-13)11-21-19(25)23(17-9-10-17)12-18(24)14-5-7-15(20)8-6-14/h2-8,17-18,24H,9-12H2,1H3,(H,21,25). The van der Waals surface area contributed by atoms with Crippen LogP contribution in [0.1, 0.15) is 35.9 Å². The van der Waals surface area contributed by atoms with E-state index in [4.69, 9.17) is 0 Å². The van der Waals surface area contributed by atoms with E-state index in [1.165, 1.54) is 12.1 Å². The van der Waals surface area contributed by atoms with E-state index in [2.05, 4.69) is 10.3 Å². The highest BCUT2D eigenvalue weighted by Crippen LogP contribution is 2.29. The van der Waals surface area contributed by atoms with Gasteiger partial charge >= 0.3 is 6.03 Å². The number of amides is 2. The van der Waals surface area contributed by atoms with E-state index in [1.54, 1.807) is 17.0 Å². The fourth-order valence-corrected chi connectivity index (χ4v) is 2.73. The number of aryl methyl sites for hydroxylation is 1. The smallest absolute Gasteiger partial charge is 0.318 e. The number of hydrogen-bond donors (Lipinski definition) is 2. The van der Waals surface area contributed by atoms with Crippen LogP contribution in [0.15, 0.2) is 42.5 Å². The first kappa shape index (κ1) is 17.4. The van der Waals surface area contributed by atoms with E-state index in [0.717, 1.165) is 24.2 Å². The third-order valence-electron chi connectivity index (χ3n) is 4.24. The Hall–Kier alpha value is -2.47. The number of benzene rings is 1. The number of aliphatic hydroxyl groups is 1. The van der Waals surface area contributed by atoms with Crippen molar-refractivity contribution in [1.29, 1.82) is 0 Å². The van der Waals surface area contributed by atoms with E-state index in [9.17, 15) is 14.3 Å². The number of carbonyl (C=O) groups is 1. The zero-order chi connectivity index (χ0) is 17.8. The van der Waals surface area contributed by atoms with Crippen LogP contribution in [-0.2, 0) is 6.54 Å². The lowest BCUT2D eigenvalue weighted by Gasteiger charge is -2.25. The number of pyridine rings is 1. The molecular formula is C19H22FN3O2. The second-order valence-corrected chi connectivity index (χ2v) is 6.38. The van der Waals surface area contributed by atoms with Gasteiger partial charge in [0.25, 0.3) is 0 Å².